The van der Waals surface area contributed by atoms with Gasteiger partial charge in [-0.15, -0.1) is 0 Å². The highest BCUT2D eigenvalue weighted by Crippen LogP contribution is 2.43. The van der Waals surface area contributed by atoms with Gasteiger partial charge in [0.25, 0.3) is 0 Å². The topological polar surface area (TPSA) is 38.1 Å². The number of aryl methyl sites for hydroxylation is 1. The summed E-state index contributed by atoms with van der Waals surface area (Å²) in [5.41, 5.74) is 1.23. The Morgan fingerprint density at radius 3 is 3.00 bits per heavy atom. The fourth-order valence-electron chi connectivity index (χ4n) is 2.27. The molecule has 1 heterocycles. The summed E-state index contributed by atoms with van der Waals surface area (Å²) < 4.78 is 5.86. The Bertz CT molecular complexity index is 341. The predicted octanol–water partition coefficient (Wildman–Crippen LogP) is 1.80. The minimum absolute atomic E-state index is 0.565. The Labute approximate surface area is 83.9 Å². The fourth-order valence-corrected chi connectivity index (χ4v) is 2.27. The monoisotopic (exact) mass is 192 g/mol. The first kappa shape index (κ1) is 8.48. The molecule has 0 amide bonds. The largest absolute Gasteiger partial charge is 0.445 e. The molecule has 1 aromatic rings. The maximum Gasteiger partial charge on any atom is 0.197 e. The molecule has 14 heavy (non-hydrogen) atoms. The quantitative estimate of drug-likeness (QED) is 0.793. The van der Waals surface area contributed by atoms with E-state index in [9.17, 15) is 0 Å². The summed E-state index contributed by atoms with van der Waals surface area (Å²) in [7, 11) is 2.00. The van der Waals surface area contributed by atoms with Gasteiger partial charge in [-0.2, -0.15) is 0 Å². The van der Waals surface area contributed by atoms with Gasteiger partial charge in [-0.05, 0) is 32.7 Å². The molecule has 2 aliphatic rings. The third-order valence-electron chi connectivity index (χ3n) is 3.22. The van der Waals surface area contributed by atoms with Crippen molar-refractivity contribution in [2.75, 3.05) is 13.6 Å². The van der Waals surface area contributed by atoms with Gasteiger partial charge in [0.15, 0.2) is 5.89 Å². The molecule has 1 atom stereocenters. The number of likely N-dealkylation sites (N-methyl/N-ethyl adjacent to an activating group) is 1. The van der Waals surface area contributed by atoms with E-state index < -0.39 is 0 Å². The van der Waals surface area contributed by atoms with Crippen LogP contribution in [0.15, 0.2) is 4.42 Å². The summed E-state index contributed by atoms with van der Waals surface area (Å²) in [4.78, 5) is 4.59. The van der Waals surface area contributed by atoms with Crippen LogP contribution in [-0.4, -0.2) is 18.6 Å². The summed E-state index contributed by atoms with van der Waals surface area (Å²) in [5.74, 6) is 3.39. The standard InChI is InChI=1S/C11H16N2O/c1-12-6-8-4-5-9-10(8)14-11(13-9)7-2-3-7/h7-8,12H,2-6H2,1H3. The molecule has 0 bridgehead atoms. The van der Waals surface area contributed by atoms with Crippen molar-refractivity contribution in [2.24, 2.45) is 0 Å². The van der Waals surface area contributed by atoms with Gasteiger partial charge in [0.1, 0.15) is 5.76 Å². The lowest BCUT2D eigenvalue weighted by Crippen LogP contribution is -2.14. The first-order chi connectivity index (χ1) is 6.88. The van der Waals surface area contributed by atoms with E-state index in [1.807, 2.05) is 7.05 Å². The summed E-state index contributed by atoms with van der Waals surface area (Å²) >= 11 is 0. The molecule has 0 saturated heterocycles. The summed E-state index contributed by atoms with van der Waals surface area (Å²) in [6.45, 7) is 1.02. The lowest BCUT2D eigenvalue weighted by molar-refractivity contribution is 0.420. The van der Waals surface area contributed by atoms with Gasteiger partial charge in [-0.25, -0.2) is 4.98 Å². The molecule has 0 radical (unpaired) electrons. The normalized spacial score (nSPS) is 25.4. The van der Waals surface area contributed by atoms with Crippen molar-refractivity contribution in [1.29, 1.82) is 0 Å². The van der Waals surface area contributed by atoms with Gasteiger partial charge in [-0.3, -0.25) is 0 Å². The molecule has 0 spiro atoms. The first-order valence-electron chi connectivity index (χ1n) is 5.52. The van der Waals surface area contributed by atoms with E-state index in [1.54, 1.807) is 0 Å². The average Bonchev–Trinajstić information content (AvgIpc) is 2.84. The van der Waals surface area contributed by atoms with Crippen LogP contribution in [0.1, 0.15) is 48.4 Å². The lowest BCUT2D eigenvalue weighted by Gasteiger charge is -2.06. The van der Waals surface area contributed by atoms with E-state index >= 15 is 0 Å². The van der Waals surface area contributed by atoms with E-state index in [0.29, 0.717) is 11.8 Å². The Balaban J connectivity index is 1.86. The van der Waals surface area contributed by atoms with Gasteiger partial charge >= 0.3 is 0 Å². The van der Waals surface area contributed by atoms with E-state index in [2.05, 4.69) is 10.3 Å². The Kier molecular flexibility index (Phi) is 1.87. The zero-order chi connectivity index (χ0) is 9.54. The number of hydrogen-bond donors (Lipinski definition) is 1. The average molecular weight is 192 g/mol. The van der Waals surface area contributed by atoms with Gasteiger partial charge in [0.2, 0.25) is 0 Å². The zero-order valence-electron chi connectivity index (χ0n) is 8.55. The van der Waals surface area contributed by atoms with Crippen molar-refractivity contribution < 1.29 is 4.42 Å². The Morgan fingerprint density at radius 1 is 1.43 bits per heavy atom. The number of nitrogens with one attached hydrogen (secondary N) is 1. The summed E-state index contributed by atoms with van der Waals surface area (Å²) in [6.07, 6.45) is 4.86. The van der Waals surface area contributed by atoms with E-state index in [0.717, 1.165) is 18.9 Å². The van der Waals surface area contributed by atoms with Crippen molar-refractivity contribution in [2.45, 2.75) is 37.5 Å². The van der Waals surface area contributed by atoms with Crippen LogP contribution in [0.2, 0.25) is 0 Å². The molecule has 1 unspecified atom stereocenters. The molecular weight excluding hydrogens is 176 g/mol. The molecule has 2 aliphatic carbocycles. The van der Waals surface area contributed by atoms with Crippen molar-refractivity contribution in [3.8, 4) is 0 Å². The van der Waals surface area contributed by atoms with Crippen LogP contribution >= 0.6 is 0 Å². The second-order valence-corrected chi connectivity index (χ2v) is 4.43. The molecule has 76 valence electrons. The molecule has 1 aromatic heterocycles. The number of rotatable bonds is 3. The molecular formula is C11H16N2O. The fraction of sp³-hybridized carbons (Fsp3) is 0.727. The summed E-state index contributed by atoms with van der Waals surface area (Å²) in [6, 6.07) is 0. The van der Waals surface area contributed by atoms with Crippen LogP contribution in [-0.2, 0) is 6.42 Å². The van der Waals surface area contributed by atoms with Crippen molar-refractivity contribution in [3.05, 3.63) is 17.3 Å². The molecule has 1 saturated carbocycles. The van der Waals surface area contributed by atoms with Crippen LogP contribution in [0.5, 0.6) is 0 Å². The highest BCUT2D eigenvalue weighted by atomic mass is 16.4. The number of nitrogens with zero attached hydrogens (tertiary/aromatic N) is 1. The van der Waals surface area contributed by atoms with E-state index in [1.165, 1.54) is 30.7 Å². The third-order valence-corrected chi connectivity index (χ3v) is 3.22. The Morgan fingerprint density at radius 2 is 2.29 bits per heavy atom. The maximum atomic E-state index is 5.86. The molecule has 0 aliphatic heterocycles. The van der Waals surface area contributed by atoms with Gasteiger partial charge in [-0.1, -0.05) is 0 Å². The summed E-state index contributed by atoms with van der Waals surface area (Å²) in [5, 5.41) is 3.22. The molecule has 1 N–H and O–H groups in total. The van der Waals surface area contributed by atoms with Crippen molar-refractivity contribution >= 4 is 0 Å². The number of hydrogen-bond acceptors (Lipinski definition) is 3. The minimum atomic E-state index is 0.565. The number of fused-ring (bicyclic) bond motifs is 1. The number of aromatic nitrogens is 1. The number of oxazole rings is 1. The zero-order valence-corrected chi connectivity index (χ0v) is 8.55. The van der Waals surface area contributed by atoms with Crippen LogP contribution in [0.3, 0.4) is 0 Å². The maximum absolute atomic E-state index is 5.86. The second kappa shape index (κ2) is 3.09. The Hall–Kier alpha value is -0.830. The van der Waals surface area contributed by atoms with Crippen LogP contribution in [0.4, 0.5) is 0 Å². The molecule has 1 fully saturated rings. The second-order valence-electron chi connectivity index (χ2n) is 4.43. The van der Waals surface area contributed by atoms with Gasteiger partial charge in [0.05, 0.1) is 5.69 Å². The molecule has 3 nitrogen and oxygen atoms in total. The van der Waals surface area contributed by atoms with Crippen LogP contribution in [0.25, 0.3) is 0 Å². The van der Waals surface area contributed by atoms with E-state index in [4.69, 9.17) is 4.42 Å². The molecule has 3 rings (SSSR count). The van der Waals surface area contributed by atoms with Crippen LogP contribution in [0, 0.1) is 0 Å². The highest BCUT2D eigenvalue weighted by molar-refractivity contribution is 5.23. The van der Waals surface area contributed by atoms with Gasteiger partial charge in [0, 0.05) is 18.4 Å². The minimum Gasteiger partial charge on any atom is -0.445 e. The first-order valence-corrected chi connectivity index (χ1v) is 5.52. The third kappa shape index (κ3) is 1.27. The molecule has 3 heteroatoms. The van der Waals surface area contributed by atoms with Crippen LogP contribution < -0.4 is 5.32 Å². The lowest BCUT2D eigenvalue weighted by atomic mass is 10.1. The van der Waals surface area contributed by atoms with Gasteiger partial charge < -0.3 is 9.73 Å². The highest BCUT2D eigenvalue weighted by Gasteiger charge is 2.34. The smallest absolute Gasteiger partial charge is 0.197 e. The van der Waals surface area contributed by atoms with Crippen molar-refractivity contribution in [3.63, 3.8) is 0 Å². The predicted molar refractivity (Wildman–Crippen MR) is 53.5 cm³/mol. The molecule has 0 aromatic carbocycles. The van der Waals surface area contributed by atoms with E-state index in [-0.39, 0.29) is 0 Å². The SMILES string of the molecule is CNCC1CCc2nc(C3CC3)oc21. The van der Waals surface area contributed by atoms with Crippen molar-refractivity contribution in [1.82, 2.24) is 10.3 Å².